The third-order valence-corrected chi connectivity index (χ3v) is 2.49. The summed E-state index contributed by atoms with van der Waals surface area (Å²) < 4.78 is 17.8. The van der Waals surface area contributed by atoms with Crippen LogP contribution in [-0.4, -0.2) is 12.3 Å². The fourth-order valence-electron chi connectivity index (χ4n) is 1.31. The van der Waals surface area contributed by atoms with Gasteiger partial charge in [-0.3, -0.25) is 0 Å². The topological polar surface area (TPSA) is 26.3 Å². The van der Waals surface area contributed by atoms with E-state index in [1.807, 2.05) is 0 Å². The molecule has 0 aliphatic rings. The second kappa shape index (κ2) is 9.37. The highest BCUT2D eigenvalue weighted by atomic mass is 19.1. The van der Waals surface area contributed by atoms with Crippen molar-refractivity contribution < 1.29 is 13.9 Å². The number of carbonyl (C=O) groups is 1. The minimum absolute atomic E-state index is 0.298. The minimum atomic E-state index is -1.47. The van der Waals surface area contributed by atoms with E-state index in [2.05, 4.69) is 18.2 Å². The first-order chi connectivity index (χ1) is 7.61. The molecule has 0 radical (unpaired) electrons. The van der Waals surface area contributed by atoms with Crippen molar-refractivity contribution in [1.29, 1.82) is 0 Å². The van der Waals surface area contributed by atoms with E-state index in [1.165, 1.54) is 12.8 Å². The monoisotopic (exact) mass is 230 g/mol. The van der Waals surface area contributed by atoms with E-state index in [4.69, 9.17) is 0 Å². The van der Waals surface area contributed by atoms with Crippen LogP contribution in [0, 0.1) is 0 Å². The largest absolute Gasteiger partial charge is 0.428 e. The van der Waals surface area contributed by atoms with Crippen LogP contribution in [-0.2, 0) is 9.53 Å². The zero-order chi connectivity index (χ0) is 12.4. The van der Waals surface area contributed by atoms with E-state index in [0.29, 0.717) is 18.4 Å². The van der Waals surface area contributed by atoms with Gasteiger partial charge in [0.1, 0.15) is 0 Å². The Kier molecular flexibility index (Phi) is 8.87. The molecule has 2 nitrogen and oxygen atoms in total. The van der Waals surface area contributed by atoms with Gasteiger partial charge in [0.25, 0.3) is 0 Å². The molecular weight excluding hydrogens is 207 g/mol. The summed E-state index contributed by atoms with van der Waals surface area (Å²) in [6.07, 6.45) is 4.58. The average molecular weight is 230 g/mol. The van der Waals surface area contributed by atoms with Crippen LogP contribution >= 0.6 is 0 Å². The summed E-state index contributed by atoms with van der Waals surface area (Å²) in [6.45, 7) is 7.43. The van der Waals surface area contributed by atoms with E-state index in [9.17, 15) is 9.18 Å². The second-order valence-corrected chi connectivity index (χ2v) is 3.98. The molecule has 0 aliphatic carbocycles. The summed E-state index contributed by atoms with van der Waals surface area (Å²) in [5.41, 5.74) is 0.327. The van der Waals surface area contributed by atoms with Crippen molar-refractivity contribution in [3.05, 3.63) is 12.2 Å². The summed E-state index contributed by atoms with van der Waals surface area (Å²) in [4.78, 5) is 11.2. The molecule has 0 N–H and O–H groups in total. The molecule has 0 spiro atoms. The number of unbranched alkanes of at least 4 members (excludes halogenated alkanes) is 4. The Labute approximate surface area is 97.9 Å². The van der Waals surface area contributed by atoms with Crippen molar-refractivity contribution in [2.45, 2.75) is 65.2 Å². The van der Waals surface area contributed by atoms with Crippen LogP contribution in [0.15, 0.2) is 12.2 Å². The van der Waals surface area contributed by atoms with Crippen LogP contribution in [0.3, 0.4) is 0 Å². The Morgan fingerprint density at radius 2 is 1.88 bits per heavy atom. The lowest BCUT2D eigenvalue weighted by Gasteiger charge is -2.10. The highest BCUT2D eigenvalue weighted by molar-refractivity contribution is 5.87. The van der Waals surface area contributed by atoms with Crippen LogP contribution in [0.2, 0.25) is 0 Å². The molecule has 94 valence electrons. The van der Waals surface area contributed by atoms with Gasteiger partial charge in [0.2, 0.25) is 6.36 Å². The van der Waals surface area contributed by atoms with Crippen molar-refractivity contribution >= 4 is 5.97 Å². The first-order valence-corrected chi connectivity index (χ1v) is 6.14. The standard InChI is InChI=1S/C13H23FO2/c1-4-6-7-8-9-10-12(14)16-13(15)11(3)5-2/h12H,3-10H2,1-2H3. The number of hydrogen-bond acceptors (Lipinski definition) is 2. The van der Waals surface area contributed by atoms with E-state index in [-0.39, 0.29) is 0 Å². The molecule has 0 amide bonds. The first kappa shape index (κ1) is 15.1. The molecule has 3 heteroatoms. The van der Waals surface area contributed by atoms with Gasteiger partial charge in [-0.15, -0.1) is 0 Å². The van der Waals surface area contributed by atoms with Crippen molar-refractivity contribution in [3.8, 4) is 0 Å². The number of esters is 1. The van der Waals surface area contributed by atoms with Crippen LogP contribution in [0.4, 0.5) is 4.39 Å². The molecule has 1 unspecified atom stereocenters. The third-order valence-electron chi connectivity index (χ3n) is 2.49. The highest BCUT2D eigenvalue weighted by Gasteiger charge is 2.13. The lowest BCUT2D eigenvalue weighted by Crippen LogP contribution is -2.14. The number of halogens is 1. The molecule has 0 heterocycles. The van der Waals surface area contributed by atoms with Crippen LogP contribution in [0.1, 0.15) is 58.8 Å². The Morgan fingerprint density at radius 3 is 2.44 bits per heavy atom. The van der Waals surface area contributed by atoms with Gasteiger partial charge in [0.05, 0.1) is 0 Å². The molecule has 0 fully saturated rings. The summed E-state index contributed by atoms with van der Waals surface area (Å²) >= 11 is 0. The Morgan fingerprint density at radius 1 is 1.25 bits per heavy atom. The van der Waals surface area contributed by atoms with Crippen LogP contribution in [0.25, 0.3) is 0 Å². The number of rotatable bonds is 9. The number of alkyl halides is 1. The molecule has 16 heavy (non-hydrogen) atoms. The molecular formula is C13H23FO2. The zero-order valence-electron chi connectivity index (χ0n) is 10.4. The predicted molar refractivity (Wildman–Crippen MR) is 63.8 cm³/mol. The van der Waals surface area contributed by atoms with Crippen molar-refractivity contribution in [3.63, 3.8) is 0 Å². The average Bonchev–Trinajstić information content (AvgIpc) is 2.27. The van der Waals surface area contributed by atoms with Gasteiger partial charge >= 0.3 is 5.97 Å². The summed E-state index contributed by atoms with van der Waals surface area (Å²) in [5.74, 6) is -0.608. The molecule has 0 aliphatic heterocycles. The van der Waals surface area contributed by atoms with Gasteiger partial charge in [-0.1, -0.05) is 46.1 Å². The van der Waals surface area contributed by atoms with E-state index in [0.717, 1.165) is 19.3 Å². The van der Waals surface area contributed by atoms with Gasteiger partial charge in [-0.2, -0.15) is 0 Å². The molecule has 0 aromatic carbocycles. The van der Waals surface area contributed by atoms with E-state index < -0.39 is 12.3 Å². The van der Waals surface area contributed by atoms with Crippen molar-refractivity contribution in [2.24, 2.45) is 0 Å². The Balaban J connectivity index is 3.54. The van der Waals surface area contributed by atoms with Crippen LogP contribution < -0.4 is 0 Å². The normalized spacial score (nSPS) is 12.2. The number of carbonyl (C=O) groups excluding carboxylic acids is 1. The Hall–Kier alpha value is -0.860. The molecule has 0 aromatic heterocycles. The van der Waals surface area contributed by atoms with Gasteiger partial charge in [-0.25, -0.2) is 9.18 Å². The van der Waals surface area contributed by atoms with E-state index in [1.54, 1.807) is 6.92 Å². The van der Waals surface area contributed by atoms with Crippen molar-refractivity contribution in [1.82, 2.24) is 0 Å². The maximum absolute atomic E-state index is 13.2. The van der Waals surface area contributed by atoms with Gasteiger partial charge in [-0.05, 0) is 12.8 Å². The smallest absolute Gasteiger partial charge is 0.335 e. The first-order valence-electron chi connectivity index (χ1n) is 6.14. The molecule has 0 rings (SSSR count). The summed E-state index contributed by atoms with van der Waals surface area (Å²) in [6, 6.07) is 0. The summed E-state index contributed by atoms with van der Waals surface area (Å²) in [5, 5.41) is 0. The third kappa shape index (κ3) is 7.43. The van der Waals surface area contributed by atoms with E-state index >= 15 is 0 Å². The maximum Gasteiger partial charge on any atom is 0.335 e. The summed E-state index contributed by atoms with van der Waals surface area (Å²) in [7, 11) is 0. The maximum atomic E-state index is 13.2. The predicted octanol–water partition coefficient (Wildman–Crippen LogP) is 4.15. The highest BCUT2D eigenvalue weighted by Crippen LogP contribution is 2.12. The fourth-order valence-corrected chi connectivity index (χ4v) is 1.31. The zero-order valence-corrected chi connectivity index (χ0v) is 10.4. The number of hydrogen-bond donors (Lipinski definition) is 0. The van der Waals surface area contributed by atoms with Gasteiger partial charge in [0, 0.05) is 12.0 Å². The second-order valence-electron chi connectivity index (χ2n) is 3.98. The minimum Gasteiger partial charge on any atom is -0.428 e. The molecule has 0 bridgehead atoms. The SMILES string of the molecule is C=C(CC)C(=O)OC(F)CCCCCCC. The van der Waals surface area contributed by atoms with Crippen LogP contribution in [0.5, 0.6) is 0 Å². The molecule has 0 saturated carbocycles. The van der Waals surface area contributed by atoms with Crippen molar-refractivity contribution in [2.75, 3.05) is 0 Å². The molecule has 0 saturated heterocycles. The molecule has 1 atom stereocenters. The van der Waals surface area contributed by atoms with Gasteiger partial charge in [0.15, 0.2) is 0 Å². The Bertz CT molecular complexity index is 214. The fraction of sp³-hybridized carbons (Fsp3) is 0.769. The lowest BCUT2D eigenvalue weighted by molar-refractivity contribution is -0.153. The van der Waals surface area contributed by atoms with Gasteiger partial charge < -0.3 is 4.74 Å². The lowest BCUT2D eigenvalue weighted by atomic mass is 10.1. The number of ether oxygens (including phenoxy) is 1. The quantitative estimate of drug-likeness (QED) is 0.338. The molecule has 0 aromatic rings.